The molecule has 6 heteroatoms. The molecule has 0 saturated heterocycles. The van der Waals surface area contributed by atoms with E-state index in [2.05, 4.69) is 5.32 Å². The molecule has 0 saturated carbocycles. The van der Waals surface area contributed by atoms with Crippen LogP contribution >= 0.6 is 0 Å². The van der Waals surface area contributed by atoms with Crippen molar-refractivity contribution in [3.05, 3.63) is 47.5 Å². The van der Waals surface area contributed by atoms with Gasteiger partial charge in [-0.25, -0.2) is 0 Å². The summed E-state index contributed by atoms with van der Waals surface area (Å²) in [6.45, 7) is 1.63. The molecule has 1 unspecified atom stereocenters. The lowest BCUT2D eigenvalue weighted by molar-refractivity contribution is -0.114. The third kappa shape index (κ3) is 2.56. The number of hydrogen-bond donors (Lipinski definition) is 1. The second-order valence-electron chi connectivity index (χ2n) is 5.74. The van der Waals surface area contributed by atoms with E-state index in [1.807, 2.05) is 18.2 Å². The molecule has 0 aromatic heterocycles. The summed E-state index contributed by atoms with van der Waals surface area (Å²) in [6.07, 6.45) is -0.140. The summed E-state index contributed by atoms with van der Waals surface area (Å²) >= 11 is 0. The standard InChI is InChI=1S/C18H15NO5/c1-10(20)19-12-3-4-13-14(21)8-16(24-17(13)7-12)11-2-5-15-18(6-11)23-9-22-15/h2-7,16H,8-9H2,1H3,(H,19,20). The zero-order chi connectivity index (χ0) is 16.7. The predicted molar refractivity (Wildman–Crippen MR) is 85.6 cm³/mol. The van der Waals surface area contributed by atoms with Crippen molar-refractivity contribution >= 4 is 17.4 Å². The highest BCUT2D eigenvalue weighted by molar-refractivity contribution is 6.01. The Hall–Kier alpha value is -3.02. The van der Waals surface area contributed by atoms with Gasteiger partial charge in [-0.1, -0.05) is 6.07 Å². The summed E-state index contributed by atoms with van der Waals surface area (Å²) in [5.74, 6) is 1.65. The van der Waals surface area contributed by atoms with Crippen molar-refractivity contribution < 1.29 is 23.8 Å². The highest BCUT2D eigenvalue weighted by Crippen LogP contribution is 2.40. The van der Waals surface area contributed by atoms with E-state index in [0.717, 1.165) is 5.56 Å². The third-order valence-electron chi connectivity index (χ3n) is 4.01. The van der Waals surface area contributed by atoms with Gasteiger partial charge in [0.2, 0.25) is 12.7 Å². The number of carbonyl (C=O) groups excluding carboxylic acids is 2. The molecule has 24 heavy (non-hydrogen) atoms. The minimum Gasteiger partial charge on any atom is -0.484 e. The van der Waals surface area contributed by atoms with Crippen molar-refractivity contribution in [2.75, 3.05) is 12.1 Å². The number of Topliss-reactive ketones (excluding diaryl/α,β-unsaturated/α-hetero) is 1. The molecule has 4 rings (SSSR count). The van der Waals surface area contributed by atoms with Crippen molar-refractivity contribution in [2.45, 2.75) is 19.4 Å². The van der Waals surface area contributed by atoms with Crippen LogP contribution in [-0.4, -0.2) is 18.5 Å². The van der Waals surface area contributed by atoms with Gasteiger partial charge in [-0.15, -0.1) is 0 Å². The third-order valence-corrected chi connectivity index (χ3v) is 4.01. The first-order valence-electron chi connectivity index (χ1n) is 7.61. The minimum absolute atomic E-state index is 0.00768. The normalized spacial score (nSPS) is 17.9. The first-order chi connectivity index (χ1) is 11.6. The van der Waals surface area contributed by atoms with E-state index in [1.54, 1.807) is 18.2 Å². The number of carbonyl (C=O) groups is 2. The van der Waals surface area contributed by atoms with Gasteiger partial charge >= 0.3 is 0 Å². The lowest BCUT2D eigenvalue weighted by Gasteiger charge is -2.26. The molecular formula is C18H15NO5. The summed E-state index contributed by atoms with van der Waals surface area (Å²) in [6, 6.07) is 10.6. The molecule has 0 spiro atoms. The van der Waals surface area contributed by atoms with Gasteiger partial charge in [-0.2, -0.15) is 0 Å². The molecule has 0 fully saturated rings. The number of ether oxygens (including phenoxy) is 3. The fourth-order valence-electron chi connectivity index (χ4n) is 2.90. The van der Waals surface area contributed by atoms with Gasteiger partial charge < -0.3 is 19.5 Å². The summed E-state index contributed by atoms with van der Waals surface area (Å²) in [5.41, 5.74) is 1.98. The lowest BCUT2D eigenvalue weighted by Crippen LogP contribution is -2.20. The number of hydrogen-bond acceptors (Lipinski definition) is 5. The minimum atomic E-state index is -0.396. The quantitative estimate of drug-likeness (QED) is 0.918. The molecule has 2 aromatic carbocycles. The van der Waals surface area contributed by atoms with Crippen LogP contribution in [0, 0.1) is 0 Å². The first-order valence-corrected chi connectivity index (χ1v) is 7.61. The fraction of sp³-hybridized carbons (Fsp3) is 0.222. The maximum Gasteiger partial charge on any atom is 0.231 e. The van der Waals surface area contributed by atoms with Gasteiger partial charge in [0.05, 0.1) is 12.0 Å². The summed E-state index contributed by atoms with van der Waals surface area (Å²) in [5, 5.41) is 2.69. The Morgan fingerprint density at radius 2 is 1.92 bits per heavy atom. The average Bonchev–Trinajstić information content (AvgIpc) is 3.01. The van der Waals surface area contributed by atoms with E-state index >= 15 is 0 Å². The number of fused-ring (bicyclic) bond motifs is 2. The zero-order valence-corrected chi connectivity index (χ0v) is 13.0. The van der Waals surface area contributed by atoms with Gasteiger partial charge in [-0.3, -0.25) is 9.59 Å². The van der Waals surface area contributed by atoms with Crippen LogP contribution in [0.5, 0.6) is 17.2 Å². The predicted octanol–water partition coefficient (Wildman–Crippen LogP) is 3.08. The second kappa shape index (κ2) is 5.56. The lowest BCUT2D eigenvalue weighted by atomic mass is 9.96. The van der Waals surface area contributed by atoms with E-state index in [-0.39, 0.29) is 24.9 Å². The number of anilines is 1. The Bertz CT molecular complexity index is 845. The van der Waals surface area contributed by atoms with Crippen molar-refractivity contribution in [3.8, 4) is 17.2 Å². The highest BCUT2D eigenvalue weighted by atomic mass is 16.7. The molecule has 2 aliphatic rings. The Morgan fingerprint density at radius 1 is 1.08 bits per heavy atom. The van der Waals surface area contributed by atoms with Crippen molar-refractivity contribution in [2.24, 2.45) is 0 Å². The zero-order valence-electron chi connectivity index (χ0n) is 13.0. The van der Waals surface area contributed by atoms with Gasteiger partial charge in [0.1, 0.15) is 11.9 Å². The van der Waals surface area contributed by atoms with E-state index < -0.39 is 6.10 Å². The van der Waals surface area contributed by atoms with Crippen LogP contribution in [0.2, 0.25) is 0 Å². The van der Waals surface area contributed by atoms with Crippen LogP contribution in [0.15, 0.2) is 36.4 Å². The highest BCUT2D eigenvalue weighted by Gasteiger charge is 2.29. The Kier molecular flexibility index (Phi) is 3.37. The van der Waals surface area contributed by atoms with Crippen LogP contribution in [0.25, 0.3) is 0 Å². The molecular weight excluding hydrogens is 310 g/mol. The SMILES string of the molecule is CC(=O)Nc1ccc2c(c1)OC(c1ccc3c(c1)OCO3)CC2=O. The Morgan fingerprint density at radius 3 is 2.75 bits per heavy atom. The van der Waals surface area contributed by atoms with E-state index in [4.69, 9.17) is 14.2 Å². The number of nitrogens with one attached hydrogen (secondary N) is 1. The number of ketones is 1. The molecule has 1 amide bonds. The number of rotatable bonds is 2. The van der Waals surface area contributed by atoms with Crippen LogP contribution in [0.3, 0.4) is 0 Å². The van der Waals surface area contributed by atoms with Crippen molar-refractivity contribution in [1.82, 2.24) is 0 Å². The van der Waals surface area contributed by atoms with Gasteiger partial charge in [-0.05, 0) is 29.8 Å². The average molecular weight is 325 g/mol. The maximum atomic E-state index is 12.4. The molecule has 0 aliphatic carbocycles. The molecule has 0 bridgehead atoms. The summed E-state index contributed by atoms with van der Waals surface area (Å²) in [4.78, 5) is 23.6. The van der Waals surface area contributed by atoms with Crippen LogP contribution in [-0.2, 0) is 4.79 Å². The van der Waals surface area contributed by atoms with E-state index in [9.17, 15) is 9.59 Å². The second-order valence-corrected chi connectivity index (χ2v) is 5.74. The fourth-order valence-corrected chi connectivity index (χ4v) is 2.90. The molecule has 2 heterocycles. The molecule has 2 aliphatic heterocycles. The van der Waals surface area contributed by atoms with E-state index in [0.29, 0.717) is 28.5 Å². The topological polar surface area (TPSA) is 73.9 Å². The Labute approximate surface area is 138 Å². The number of amides is 1. The molecule has 1 N–H and O–H groups in total. The van der Waals surface area contributed by atoms with Gasteiger partial charge in [0.25, 0.3) is 0 Å². The molecule has 6 nitrogen and oxygen atoms in total. The summed E-state index contributed by atoms with van der Waals surface area (Å²) in [7, 11) is 0. The largest absolute Gasteiger partial charge is 0.484 e. The molecule has 0 radical (unpaired) electrons. The molecule has 1 atom stereocenters. The first kappa shape index (κ1) is 14.6. The molecule has 122 valence electrons. The maximum absolute atomic E-state index is 12.4. The Balaban J connectivity index is 1.65. The molecule has 2 aromatic rings. The van der Waals surface area contributed by atoms with Crippen LogP contribution in [0.1, 0.15) is 35.4 Å². The van der Waals surface area contributed by atoms with Gasteiger partial charge in [0.15, 0.2) is 17.3 Å². The van der Waals surface area contributed by atoms with Crippen LogP contribution in [0.4, 0.5) is 5.69 Å². The van der Waals surface area contributed by atoms with Crippen LogP contribution < -0.4 is 19.5 Å². The van der Waals surface area contributed by atoms with Crippen molar-refractivity contribution in [1.29, 1.82) is 0 Å². The number of benzene rings is 2. The smallest absolute Gasteiger partial charge is 0.231 e. The summed E-state index contributed by atoms with van der Waals surface area (Å²) < 4.78 is 16.7. The van der Waals surface area contributed by atoms with E-state index in [1.165, 1.54) is 6.92 Å². The monoisotopic (exact) mass is 325 g/mol. The van der Waals surface area contributed by atoms with Crippen molar-refractivity contribution in [3.63, 3.8) is 0 Å². The van der Waals surface area contributed by atoms with Gasteiger partial charge in [0, 0.05) is 18.7 Å².